The maximum atomic E-state index is 12.5. The number of nitrogens with zero attached hydrogens (tertiary/aromatic N) is 4. The Morgan fingerprint density at radius 1 is 1.18 bits per heavy atom. The van der Waals surface area contributed by atoms with Gasteiger partial charge in [0.05, 0.1) is 33.8 Å². The van der Waals surface area contributed by atoms with Gasteiger partial charge in [-0.1, -0.05) is 73.6 Å². The van der Waals surface area contributed by atoms with Crippen LogP contribution in [0, 0.1) is 11.8 Å². The van der Waals surface area contributed by atoms with E-state index in [0.717, 1.165) is 5.56 Å². The lowest BCUT2D eigenvalue weighted by Crippen LogP contribution is -2.15. The molecular weight excluding hydrogens is 481 g/mol. The molecule has 1 heterocycles. The molecule has 2 N–H and O–H groups in total. The van der Waals surface area contributed by atoms with Crippen LogP contribution in [0.2, 0.25) is 10.0 Å². The number of aromatic nitrogens is 4. The first-order valence-electron chi connectivity index (χ1n) is 10.1. The van der Waals surface area contributed by atoms with Crippen LogP contribution >= 0.6 is 35.0 Å². The lowest BCUT2D eigenvalue weighted by atomic mass is 9.87. The number of nitrogens with one attached hydrogen (secondary N) is 1. The Labute approximate surface area is 206 Å². The Bertz CT molecular complexity index is 1210. The van der Waals surface area contributed by atoms with Gasteiger partial charge < -0.3 is 10.4 Å². The van der Waals surface area contributed by atoms with Gasteiger partial charge in [0, 0.05) is 12.0 Å². The number of benzene rings is 2. The van der Waals surface area contributed by atoms with Crippen molar-refractivity contribution in [3.05, 3.63) is 57.6 Å². The lowest BCUT2D eigenvalue weighted by Gasteiger charge is -2.20. The molecule has 0 unspecified atom stereocenters. The molecule has 0 atom stereocenters. The Kier molecular flexibility index (Phi) is 8.38. The normalized spacial score (nSPS) is 11.1. The van der Waals surface area contributed by atoms with E-state index in [0.29, 0.717) is 38.6 Å². The molecule has 0 aliphatic heterocycles. The molecule has 2 aromatic carbocycles. The van der Waals surface area contributed by atoms with Gasteiger partial charge in [-0.05, 0) is 51.7 Å². The predicted octanol–water partition coefficient (Wildman–Crippen LogP) is 4.73. The quantitative estimate of drug-likeness (QED) is 0.373. The summed E-state index contributed by atoms with van der Waals surface area (Å²) in [7, 11) is 0. The fourth-order valence-corrected chi connectivity index (χ4v) is 3.97. The van der Waals surface area contributed by atoms with Crippen molar-refractivity contribution in [2.75, 3.05) is 17.7 Å². The zero-order valence-electron chi connectivity index (χ0n) is 18.4. The third-order valence-corrected chi connectivity index (χ3v) is 6.06. The molecule has 0 saturated heterocycles. The molecule has 33 heavy (non-hydrogen) atoms. The maximum Gasteiger partial charge on any atom is 0.234 e. The highest BCUT2D eigenvalue weighted by Gasteiger charge is 2.18. The molecule has 0 bridgehead atoms. The first kappa shape index (κ1) is 25.1. The molecule has 7 nitrogen and oxygen atoms in total. The molecule has 3 aromatic rings. The molecule has 0 saturated carbocycles. The van der Waals surface area contributed by atoms with Crippen molar-refractivity contribution in [3.8, 4) is 17.5 Å². The van der Waals surface area contributed by atoms with E-state index in [4.69, 9.17) is 28.3 Å². The van der Waals surface area contributed by atoms with E-state index >= 15 is 0 Å². The van der Waals surface area contributed by atoms with Crippen LogP contribution in [0.3, 0.4) is 0 Å². The minimum Gasteiger partial charge on any atom is -0.395 e. The zero-order valence-corrected chi connectivity index (χ0v) is 20.7. The fraction of sp³-hybridized carbons (Fsp3) is 0.304. The Morgan fingerprint density at radius 3 is 2.64 bits per heavy atom. The van der Waals surface area contributed by atoms with Crippen LogP contribution in [-0.2, 0) is 10.2 Å². The van der Waals surface area contributed by atoms with Gasteiger partial charge in [-0.3, -0.25) is 4.79 Å². The first-order chi connectivity index (χ1) is 15.7. The Morgan fingerprint density at radius 2 is 1.97 bits per heavy atom. The minimum atomic E-state index is -0.259. The predicted molar refractivity (Wildman–Crippen MR) is 132 cm³/mol. The molecule has 0 radical (unpaired) electrons. The van der Waals surface area contributed by atoms with E-state index in [1.165, 1.54) is 16.4 Å². The summed E-state index contributed by atoms with van der Waals surface area (Å²) >= 11 is 13.9. The van der Waals surface area contributed by atoms with Crippen LogP contribution < -0.4 is 5.32 Å². The van der Waals surface area contributed by atoms with Crippen LogP contribution in [0.15, 0.2) is 41.6 Å². The van der Waals surface area contributed by atoms with Crippen molar-refractivity contribution in [2.24, 2.45) is 0 Å². The number of amides is 1. The third-order valence-electron chi connectivity index (χ3n) is 4.53. The highest BCUT2D eigenvalue weighted by molar-refractivity contribution is 7.99. The second kappa shape index (κ2) is 11.0. The van der Waals surface area contributed by atoms with Gasteiger partial charge in [-0.15, -0.1) is 5.10 Å². The number of thioether (sulfide) groups is 1. The molecule has 3 rings (SSSR count). The topological polar surface area (TPSA) is 92.9 Å². The van der Waals surface area contributed by atoms with Crippen molar-refractivity contribution in [2.45, 2.75) is 37.8 Å². The second-order valence-electron chi connectivity index (χ2n) is 8.10. The summed E-state index contributed by atoms with van der Waals surface area (Å²) in [4.78, 5) is 12.5. The summed E-state index contributed by atoms with van der Waals surface area (Å²) in [5, 5.41) is 24.7. The van der Waals surface area contributed by atoms with Crippen molar-refractivity contribution < 1.29 is 9.90 Å². The number of aliphatic hydroxyl groups excluding tert-OH is 1. The molecule has 1 amide bonds. The summed E-state index contributed by atoms with van der Waals surface area (Å²) in [5.41, 5.74) is 2.88. The number of carbonyl (C=O) groups is 1. The van der Waals surface area contributed by atoms with Gasteiger partial charge >= 0.3 is 0 Å². The van der Waals surface area contributed by atoms with Gasteiger partial charge in [0.15, 0.2) is 0 Å². The highest BCUT2D eigenvalue weighted by Crippen LogP contribution is 2.30. The van der Waals surface area contributed by atoms with Crippen molar-refractivity contribution in [1.29, 1.82) is 0 Å². The largest absolute Gasteiger partial charge is 0.395 e. The summed E-state index contributed by atoms with van der Waals surface area (Å²) < 4.78 is 1.51. The average Bonchev–Trinajstić information content (AvgIpc) is 3.22. The van der Waals surface area contributed by atoms with Crippen LogP contribution in [0.4, 0.5) is 5.69 Å². The second-order valence-corrected chi connectivity index (χ2v) is 9.85. The monoisotopic (exact) mass is 503 g/mol. The van der Waals surface area contributed by atoms with Crippen molar-refractivity contribution in [3.63, 3.8) is 0 Å². The fourth-order valence-electron chi connectivity index (χ4n) is 2.80. The van der Waals surface area contributed by atoms with Crippen LogP contribution in [0.5, 0.6) is 0 Å². The summed E-state index contributed by atoms with van der Waals surface area (Å²) in [5.74, 6) is 5.55. The summed E-state index contributed by atoms with van der Waals surface area (Å²) in [6.07, 6.45) is 0.388. The lowest BCUT2D eigenvalue weighted by molar-refractivity contribution is -0.113. The molecule has 0 aliphatic rings. The Balaban J connectivity index is 1.66. The first-order valence-corrected chi connectivity index (χ1v) is 11.8. The number of hydrogen-bond donors (Lipinski definition) is 2. The number of hydrogen-bond acceptors (Lipinski definition) is 6. The van der Waals surface area contributed by atoms with E-state index in [-0.39, 0.29) is 23.7 Å². The molecule has 172 valence electrons. The standard InChI is InChI=1S/C23H23Cl2N5O2S/c1-23(2,3)16-8-10-20(18(25)13-16)30-22(27-28-29-30)33-14-21(32)26-19-9-7-15(12-17(19)24)6-4-5-11-31/h7-10,12-13,31H,5,11,14H2,1-3H3,(H,26,32). The number of tetrazole rings is 1. The van der Waals surface area contributed by atoms with Gasteiger partial charge in [0.25, 0.3) is 0 Å². The molecule has 0 spiro atoms. The number of aliphatic hydroxyl groups is 1. The van der Waals surface area contributed by atoms with Gasteiger partial charge in [0.2, 0.25) is 11.1 Å². The number of halogens is 2. The highest BCUT2D eigenvalue weighted by atomic mass is 35.5. The molecule has 0 fully saturated rings. The van der Waals surface area contributed by atoms with Crippen LogP contribution in [-0.4, -0.2) is 43.6 Å². The summed E-state index contributed by atoms with van der Waals surface area (Å²) in [6, 6.07) is 10.9. The van der Waals surface area contributed by atoms with E-state index in [1.54, 1.807) is 18.2 Å². The number of anilines is 1. The van der Waals surface area contributed by atoms with Crippen molar-refractivity contribution in [1.82, 2.24) is 20.2 Å². The van der Waals surface area contributed by atoms with Crippen LogP contribution in [0.1, 0.15) is 38.3 Å². The Hall–Kier alpha value is -2.57. The van der Waals surface area contributed by atoms with Crippen LogP contribution in [0.25, 0.3) is 5.69 Å². The van der Waals surface area contributed by atoms with E-state index in [9.17, 15) is 4.79 Å². The van der Waals surface area contributed by atoms with Gasteiger partial charge in [-0.2, -0.15) is 4.68 Å². The molecule has 1 aromatic heterocycles. The molecular formula is C23H23Cl2N5O2S. The number of carbonyl (C=O) groups excluding carboxylic acids is 1. The summed E-state index contributed by atoms with van der Waals surface area (Å²) in [6.45, 7) is 6.34. The smallest absolute Gasteiger partial charge is 0.234 e. The van der Waals surface area contributed by atoms with E-state index in [1.807, 2.05) is 18.2 Å². The molecule has 10 heteroatoms. The molecule has 0 aliphatic carbocycles. The maximum absolute atomic E-state index is 12.5. The van der Waals surface area contributed by atoms with E-state index in [2.05, 4.69) is 53.5 Å². The van der Waals surface area contributed by atoms with Gasteiger partial charge in [0.1, 0.15) is 0 Å². The number of rotatable bonds is 6. The van der Waals surface area contributed by atoms with Gasteiger partial charge in [-0.25, -0.2) is 0 Å². The third kappa shape index (κ3) is 6.71. The minimum absolute atomic E-state index is 0.00422. The van der Waals surface area contributed by atoms with Crippen molar-refractivity contribution >= 4 is 46.6 Å². The average molecular weight is 504 g/mol. The van der Waals surface area contributed by atoms with E-state index < -0.39 is 0 Å². The zero-order chi connectivity index (χ0) is 24.0. The SMILES string of the molecule is CC(C)(C)c1ccc(-n2nnnc2SCC(=O)Nc2ccc(C#CCCO)cc2Cl)c(Cl)c1.